The molecule has 0 aliphatic rings. The Balaban J connectivity index is 2.64. The van der Waals surface area contributed by atoms with Gasteiger partial charge in [-0.2, -0.15) is 0 Å². The van der Waals surface area contributed by atoms with Crippen LogP contribution in [0.1, 0.15) is 24.5 Å². The van der Waals surface area contributed by atoms with Gasteiger partial charge in [-0.15, -0.1) is 0 Å². The van der Waals surface area contributed by atoms with Gasteiger partial charge < -0.3 is 25.5 Å². The fourth-order valence-corrected chi connectivity index (χ4v) is 1.91. The van der Waals surface area contributed by atoms with E-state index in [-0.39, 0.29) is 19.4 Å². The van der Waals surface area contributed by atoms with Crippen molar-refractivity contribution in [3.8, 4) is 0 Å². The van der Waals surface area contributed by atoms with Crippen LogP contribution in [-0.2, 0) is 17.8 Å². The maximum Gasteiger partial charge on any atom is 0.168 e. The molecule has 0 aliphatic heterocycles. The number of hydrogen-bond acceptors (Lipinski definition) is 6. The number of carbonyl (C=O) groups excluding carboxylic acids is 1. The largest absolute Gasteiger partial charge is 0.392 e. The number of rotatable bonds is 8. The Morgan fingerprint density at radius 1 is 1.00 bits per heavy atom. The molecule has 1 aromatic carbocycles. The first-order valence-corrected chi connectivity index (χ1v) is 6.84. The number of aliphatic hydroxyl groups is 5. The van der Waals surface area contributed by atoms with Gasteiger partial charge in [-0.3, -0.25) is 4.79 Å². The summed E-state index contributed by atoms with van der Waals surface area (Å²) >= 11 is 0. The lowest BCUT2D eigenvalue weighted by Crippen LogP contribution is -2.47. The maximum atomic E-state index is 11.9. The van der Waals surface area contributed by atoms with Crippen molar-refractivity contribution < 1.29 is 30.3 Å². The molecular weight excluding hydrogens is 276 g/mol. The van der Waals surface area contributed by atoms with E-state index in [1.807, 2.05) is 0 Å². The molecule has 6 nitrogen and oxygen atoms in total. The van der Waals surface area contributed by atoms with E-state index in [9.17, 15) is 25.2 Å². The van der Waals surface area contributed by atoms with E-state index < -0.39 is 30.2 Å². The predicted molar refractivity (Wildman–Crippen MR) is 75.4 cm³/mol. The molecule has 5 N–H and O–H groups in total. The fourth-order valence-electron chi connectivity index (χ4n) is 1.91. The normalized spacial score (nSPS) is 17.0. The molecule has 0 spiro atoms. The SMILES string of the molecule is CC[C@@H](O)[C@@H](O)[C@H](O)[C@@H](O)C(=O)Cc1ccc(CO)cc1. The molecule has 0 amide bonds. The van der Waals surface area contributed by atoms with E-state index in [0.717, 1.165) is 0 Å². The highest BCUT2D eigenvalue weighted by Gasteiger charge is 2.33. The van der Waals surface area contributed by atoms with Crippen LogP contribution in [-0.4, -0.2) is 55.7 Å². The van der Waals surface area contributed by atoms with Crippen LogP contribution in [0.4, 0.5) is 0 Å². The second-order valence-corrected chi connectivity index (χ2v) is 5.02. The molecule has 1 rings (SSSR count). The molecule has 0 saturated heterocycles. The Morgan fingerprint density at radius 3 is 2.00 bits per heavy atom. The third-order valence-corrected chi connectivity index (χ3v) is 3.40. The highest BCUT2D eigenvalue weighted by Crippen LogP contribution is 2.12. The molecule has 0 fully saturated rings. The Morgan fingerprint density at radius 2 is 1.52 bits per heavy atom. The van der Waals surface area contributed by atoms with E-state index in [0.29, 0.717) is 11.1 Å². The Kier molecular flexibility index (Phi) is 6.94. The Labute approximate surface area is 123 Å². The minimum absolute atomic E-state index is 0.101. The average Bonchev–Trinajstić information content (AvgIpc) is 2.52. The summed E-state index contributed by atoms with van der Waals surface area (Å²) in [5, 5.41) is 47.4. The predicted octanol–water partition coefficient (Wildman–Crippen LogP) is -0.856. The zero-order valence-electron chi connectivity index (χ0n) is 11.9. The number of Topliss-reactive ketones (excluding diaryl/α,β-unsaturated/α-hetero) is 1. The summed E-state index contributed by atoms with van der Waals surface area (Å²) in [6.07, 6.45) is -6.19. The Bertz CT molecular complexity index is 444. The lowest BCUT2D eigenvalue weighted by atomic mass is 9.95. The van der Waals surface area contributed by atoms with Crippen LogP contribution in [0.3, 0.4) is 0 Å². The zero-order valence-corrected chi connectivity index (χ0v) is 11.9. The monoisotopic (exact) mass is 298 g/mol. The molecule has 0 bridgehead atoms. The summed E-state index contributed by atoms with van der Waals surface area (Å²) in [6.45, 7) is 1.51. The molecule has 0 heterocycles. The lowest BCUT2D eigenvalue weighted by Gasteiger charge is -2.25. The molecule has 0 aliphatic carbocycles. The van der Waals surface area contributed by atoms with Gasteiger partial charge in [0.05, 0.1) is 12.7 Å². The first-order valence-electron chi connectivity index (χ1n) is 6.84. The number of benzene rings is 1. The molecule has 4 atom stereocenters. The third-order valence-electron chi connectivity index (χ3n) is 3.40. The van der Waals surface area contributed by atoms with E-state index in [2.05, 4.69) is 0 Å². The number of aliphatic hydroxyl groups excluding tert-OH is 5. The Hall–Kier alpha value is -1.31. The molecule has 0 radical (unpaired) electrons. The van der Waals surface area contributed by atoms with Gasteiger partial charge >= 0.3 is 0 Å². The topological polar surface area (TPSA) is 118 Å². The van der Waals surface area contributed by atoms with Crippen molar-refractivity contribution in [2.24, 2.45) is 0 Å². The van der Waals surface area contributed by atoms with E-state index in [1.54, 1.807) is 31.2 Å². The number of hydrogen-bond donors (Lipinski definition) is 5. The molecule has 1 aromatic rings. The first-order chi connectivity index (χ1) is 9.90. The quantitative estimate of drug-likeness (QED) is 0.426. The van der Waals surface area contributed by atoms with Gasteiger partial charge in [0.15, 0.2) is 5.78 Å². The molecule has 6 heteroatoms. The van der Waals surface area contributed by atoms with Crippen LogP contribution in [0.2, 0.25) is 0 Å². The minimum Gasteiger partial charge on any atom is -0.392 e. The summed E-state index contributed by atoms with van der Waals surface area (Å²) in [7, 11) is 0. The lowest BCUT2D eigenvalue weighted by molar-refractivity contribution is -0.144. The van der Waals surface area contributed by atoms with Crippen molar-refractivity contribution in [3.63, 3.8) is 0 Å². The second kappa shape index (κ2) is 8.21. The highest BCUT2D eigenvalue weighted by molar-refractivity contribution is 5.85. The van der Waals surface area contributed by atoms with Gasteiger partial charge in [0, 0.05) is 6.42 Å². The average molecular weight is 298 g/mol. The van der Waals surface area contributed by atoms with Crippen molar-refractivity contribution in [1.82, 2.24) is 0 Å². The minimum atomic E-state index is -1.77. The smallest absolute Gasteiger partial charge is 0.168 e. The van der Waals surface area contributed by atoms with E-state index in [4.69, 9.17) is 5.11 Å². The van der Waals surface area contributed by atoms with E-state index >= 15 is 0 Å². The molecular formula is C15H22O6. The van der Waals surface area contributed by atoms with Crippen molar-refractivity contribution in [1.29, 1.82) is 0 Å². The molecule has 118 valence electrons. The van der Waals surface area contributed by atoms with Gasteiger partial charge in [0.2, 0.25) is 0 Å². The van der Waals surface area contributed by atoms with Gasteiger partial charge in [-0.1, -0.05) is 31.2 Å². The second-order valence-electron chi connectivity index (χ2n) is 5.02. The van der Waals surface area contributed by atoms with Gasteiger partial charge in [0.1, 0.15) is 18.3 Å². The van der Waals surface area contributed by atoms with Gasteiger partial charge in [-0.05, 0) is 17.5 Å². The van der Waals surface area contributed by atoms with Crippen LogP contribution in [0.15, 0.2) is 24.3 Å². The van der Waals surface area contributed by atoms with Crippen LogP contribution in [0.5, 0.6) is 0 Å². The summed E-state index contributed by atoms with van der Waals surface area (Å²) < 4.78 is 0. The van der Waals surface area contributed by atoms with E-state index in [1.165, 1.54) is 0 Å². The number of ketones is 1. The zero-order chi connectivity index (χ0) is 16.0. The van der Waals surface area contributed by atoms with Crippen molar-refractivity contribution >= 4 is 5.78 Å². The van der Waals surface area contributed by atoms with Crippen molar-refractivity contribution in [2.45, 2.75) is 50.8 Å². The summed E-state index contributed by atoms with van der Waals surface area (Å²) in [4.78, 5) is 11.9. The number of carbonyl (C=O) groups is 1. The van der Waals surface area contributed by atoms with Gasteiger partial charge in [0.25, 0.3) is 0 Å². The first kappa shape index (κ1) is 17.7. The molecule has 21 heavy (non-hydrogen) atoms. The standard InChI is InChI=1S/C15H22O6/c1-2-11(17)13(19)15(21)14(20)12(18)7-9-3-5-10(8-16)6-4-9/h3-6,11,13-17,19-21H,2,7-8H2,1H3/t11-,13-,14+,15+/m1/s1. The molecule has 0 saturated carbocycles. The van der Waals surface area contributed by atoms with Crippen LogP contribution < -0.4 is 0 Å². The van der Waals surface area contributed by atoms with Gasteiger partial charge in [-0.25, -0.2) is 0 Å². The summed E-state index contributed by atoms with van der Waals surface area (Å²) in [5.41, 5.74) is 1.32. The molecule has 0 unspecified atom stereocenters. The summed E-state index contributed by atoms with van der Waals surface area (Å²) in [6, 6.07) is 6.59. The fraction of sp³-hybridized carbons (Fsp3) is 0.533. The van der Waals surface area contributed by atoms with Crippen LogP contribution in [0.25, 0.3) is 0 Å². The van der Waals surface area contributed by atoms with Crippen LogP contribution in [0, 0.1) is 0 Å². The summed E-state index contributed by atoms with van der Waals surface area (Å²) in [5.74, 6) is -0.651. The maximum absolute atomic E-state index is 11.9. The third kappa shape index (κ3) is 4.87. The van der Waals surface area contributed by atoms with Crippen molar-refractivity contribution in [2.75, 3.05) is 0 Å². The molecule has 0 aromatic heterocycles. The van der Waals surface area contributed by atoms with Crippen molar-refractivity contribution in [3.05, 3.63) is 35.4 Å². The highest BCUT2D eigenvalue weighted by atomic mass is 16.4. The van der Waals surface area contributed by atoms with Crippen LogP contribution >= 0.6 is 0 Å².